The van der Waals surface area contributed by atoms with Crippen LogP contribution in [-0.4, -0.2) is 40.6 Å². The normalized spacial score (nSPS) is 14.6. The number of methoxy groups -OCH3 is 1. The average Bonchev–Trinajstić information content (AvgIpc) is 2.82. The van der Waals surface area contributed by atoms with E-state index in [1.807, 2.05) is 48.2 Å². The van der Waals surface area contributed by atoms with Crippen LogP contribution in [0.4, 0.5) is 5.82 Å². The maximum Gasteiger partial charge on any atom is 0.295 e. The Balaban J connectivity index is 1.41. The Morgan fingerprint density at radius 1 is 1.23 bits per heavy atom. The molecule has 8 nitrogen and oxygen atoms in total. The van der Waals surface area contributed by atoms with Crippen molar-refractivity contribution >= 4 is 22.9 Å². The fraction of sp³-hybridized carbons (Fsp3) is 0.391. The smallest absolute Gasteiger partial charge is 0.295 e. The van der Waals surface area contributed by atoms with Crippen molar-refractivity contribution < 1.29 is 9.53 Å². The maximum absolute atomic E-state index is 13.0. The van der Waals surface area contributed by atoms with Gasteiger partial charge in [0, 0.05) is 38.3 Å². The van der Waals surface area contributed by atoms with E-state index in [1.165, 1.54) is 0 Å². The van der Waals surface area contributed by atoms with Crippen LogP contribution in [0, 0.1) is 5.92 Å². The molecule has 1 aromatic carbocycles. The van der Waals surface area contributed by atoms with Crippen LogP contribution in [0.15, 0.2) is 47.4 Å². The van der Waals surface area contributed by atoms with Crippen molar-refractivity contribution in [1.29, 1.82) is 0 Å². The van der Waals surface area contributed by atoms with Crippen molar-refractivity contribution in [1.82, 2.24) is 19.9 Å². The zero-order chi connectivity index (χ0) is 21.8. The van der Waals surface area contributed by atoms with Gasteiger partial charge in [0.2, 0.25) is 5.91 Å². The van der Waals surface area contributed by atoms with Gasteiger partial charge < -0.3 is 15.0 Å². The van der Waals surface area contributed by atoms with Crippen molar-refractivity contribution in [3.8, 4) is 5.75 Å². The van der Waals surface area contributed by atoms with Gasteiger partial charge in [-0.05, 0) is 49.6 Å². The summed E-state index contributed by atoms with van der Waals surface area (Å²) in [5, 5.41) is 3.03. The molecule has 0 aliphatic carbocycles. The number of nitrogens with zero attached hydrogens (tertiary/aromatic N) is 4. The van der Waals surface area contributed by atoms with Gasteiger partial charge in [0.1, 0.15) is 11.3 Å². The number of hydrogen-bond acceptors (Lipinski definition) is 6. The third-order valence-corrected chi connectivity index (χ3v) is 5.77. The van der Waals surface area contributed by atoms with Gasteiger partial charge in [0.05, 0.1) is 7.11 Å². The number of amides is 1. The number of anilines is 1. The predicted octanol–water partition coefficient (Wildman–Crippen LogP) is 2.35. The maximum atomic E-state index is 13.0. The van der Waals surface area contributed by atoms with Gasteiger partial charge in [-0.1, -0.05) is 12.1 Å². The van der Waals surface area contributed by atoms with E-state index in [0.29, 0.717) is 56.0 Å². The van der Waals surface area contributed by atoms with Crippen LogP contribution in [0.3, 0.4) is 0 Å². The fourth-order valence-electron chi connectivity index (χ4n) is 4.03. The summed E-state index contributed by atoms with van der Waals surface area (Å²) in [6.45, 7) is 4.17. The van der Waals surface area contributed by atoms with E-state index < -0.39 is 0 Å². The number of fused-ring (bicyclic) bond motifs is 1. The van der Waals surface area contributed by atoms with Crippen molar-refractivity contribution in [3.63, 3.8) is 0 Å². The van der Waals surface area contributed by atoms with Gasteiger partial charge in [0.25, 0.3) is 5.56 Å². The minimum atomic E-state index is -0.130. The zero-order valence-electron chi connectivity index (χ0n) is 17.9. The fourth-order valence-corrected chi connectivity index (χ4v) is 4.03. The molecule has 3 aromatic rings. The Labute approximate surface area is 180 Å². The highest BCUT2D eigenvalue weighted by molar-refractivity contribution is 5.79. The van der Waals surface area contributed by atoms with Crippen LogP contribution in [0.1, 0.15) is 25.3 Å². The van der Waals surface area contributed by atoms with Crippen molar-refractivity contribution in [2.24, 2.45) is 5.92 Å². The quantitative estimate of drug-likeness (QED) is 0.657. The number of carbonyl (C=O) groups excluding carboxylic acids is 1. The third-order valence-electron chi connectivity index (χ3n) is 5.77. The molecule has 0 bridgehead atoms. The lowest BCUT2D eigenvalue weighted by molar-refractivity contribution is -0.125. The number of ether oxygens (including phenoxy) is 1. The minimum Gasteiger partial charge on any atom is -0.497 e. The van der Waals surface area contributed by atoms with Crippen LogP contribution < -0.4 is 20.5 Å². The summed E-state index contributed by atoms with van der Waals surface area (Å²) >= 11 is 0. The number of benzene rings is 1. The highest BCUT2D eigenvalue weighted by atomic mass is 16.5. The van der Waals surface area contributed by atoms with Gasteiger partial charge in [-0.3, -0.25) is 14.2 Å². The van der Waals surface area contributed by atoms with E-state index >= 15 is 0 Å². The number of aryl methyl sites for hydroxylation is 1. The Bertz CT molecular complexity index is 1140. The Hall–Kier alpha value is -3.42. The zero-order valence-corrected chi connectivity index (χ0v) is 17.9. The molecule has 1 aliphatic heterocycles. The molecule has 31 heavy (non-hydrogen) atoms. The summed E-state index contributed by atoms with van der Waals surface area (Å²) in [7, 11) is 1.63. The monoisotopic (exact) mass is 421 g/mol. The molecule has 0 atom stereocenters. The Morgan fingerprint density at radius 3 is 2.77 bits per heavy atom. The van der Waals surface area contributed by atoms with E-state index in [-0.39, 0.29) is 17.4 Å². The number of pyridine rings is 1. The molecule has 0 radical (unpaired) electrons. The molecule has 3 heterocycles. The molecule has 1 saturated heterocycles. The molecular formula is C23H27N5O3. The SMILES string of the molecule is CCn1c(=O)c(N2CCC(C(=O)NCc3cccc(OC)c3)CC2)nc2cccnc21. The molecule has 0 spiro atoms. The van der Waals surface area contributed by atoms with E-state index in [9.17, 15) is 9.59 Å². The van der Waals surface area contributed by atoms with Crippen LogP contribution in [0.5, 0.6) is 5.75 Å². The van der Waals surface area contributed by atoms with Crippen molar-refractivity contribution in [2.45, 2.75) is 32.9 Å². The molecule has 162 valence electrons. The molecule has 0 unspecified atom stereocenters. The number of aromatic nitrogens is 3. The van der Waals surface area contributed by atoms with E-state index in [0.717, 1.165) is 11.3 Å². The first kappa shape index (κ1) is 20.8. The molecule has 2 aromatic heterocycles. The molecule has 1 amide bonds. The second-order valence-electron chi connectivity index (χ2n) is 7.66. The molecular weight excluding hydrogens is 394 g/mol. The summed E-state index contributed by atoms with van der Waals surface area (Å²) in [6.07, 6.45) is 3.04. The number of carbonyl (C=O) groups is 1. The minimum absolute atomic E-state index is 0.0455. The largest absolute Gasteiger partial charge is 0.497 e. The first-order valence-electron chi connectivity index (χ1n) is 10.6. The van der Waals surface area contributed by atoms with Gasteiger partial charge in [-0.25, -0.2) is 9.97 Å². The lowest BCUT2D eigenvalue weighted by Gasteiger charge is -2.32. The first-order valence-corrected chi connectivity index (χ1v) is 10.6. The van der Waals surface area contributed by atoms with Crippen LogP contribution in [-0.2, 0) is 17.9 Å². The summed E-state index contributed by atoms with van der Waals surface area (Å²) in [6, 6.07) is 11.4. The van der Waals surface area contributed by atoms with Crippen LogP contribution in [0.25, 0.3) is 11.2 Å². The molecule has 1 aliphatic rings. The molecule has 0 saturated carbocycles. The van der Waals surface area contributed by atoms with E-state index in [1.54, 1.807) is 17.9 Å². The molecule has 1 fully saturated rings. The standard InChI is InChI=1S/C23H27N5O3/c1-3-28-20-19(8-5-11-24-20)26-21(23(28)30)27-12-9-17(10-13-27)22(29)25-15-16-6-4-7-18(14-16)31-2/h4-8,11,14,17H,3,9-10,12-13,15H2,1-2H3,(H,25,29). The topological polar surface area (TPSA) is 89.4 Å². The van der Waals surface area contributed by atoms with Crippen molar-refractivity contribution in [2.75, 3.05) is 25.1 Å². The number of rotatable bonds is 6. The first-order chi connectivity index (χ1) is 15.1. The second kappa shape index (κ2) is 9.16. The molecule has 4 rings (SSSR count). The average molecular weight is 422 g/mol. The second-order valence-corrected chi connectivity index (χ2v) is 7.66. The Morgan fingerprint density at radius 2 is 2.03 bits per heavy atom. The lowest BCUT2D eigenvalue weighted by Crippen LogP contribution is -2.43. The summed E-state index contributed by atoms with van der Waals surface area (Å²) in [4.78, 5) is 36.5. The third kappa shape index (κ3) is 4.38. The summed E-state index contributed by atoms with van der Waals surface area (Å²) < 4.78 is 6.89. The van der Waals surface area contributed by atoms with Gasteiger partial charge in [-0.15, -0.1) is 0 Å². The van der Waals surface area contributed by atoms with E-state index in [4.69, 9.17) is 4.74 Å². The Kier molecular flexibility index (Phi) is 6.16. The number of nitrogens with one attached hydrogen (secondary N) is 1. The van der Waals surface area contributed by atoms with Crippen molar-refractivity contribution in [3.05, 3.63) is 58.5 Å². The molecule has 8 heteroatoms. The highest BCUT2D eigenvalue weighted by Crippen LogP contribution is 2.22. The van der Waals surface area contributed by atoms with Crippen LogP contribution in [0.2, 0.25) is 0 Å². The van der Waals surface area contributed by atoms with Gasteiger partial charge in [0.15, 0.2) is 11.5 Å². The van der Waals surface area contributed by atoms with Gasteiger partial charge in [-0.2, -0.15) is 0 Å². The summed E-state index contributed by atoms with van der Waals surface area (Å²) in [5.74, 6) is 1.19. The summed E-state index contributed by atoms with van der Waals surface area (Å²) in [5.41, 5.74) is 2.18. The number of hydrogen-bond donors (Lipinski definition) is 1. The lowest BCUT2D eigenvalue weighted by atomic mass is 9.96. The van der Waals surface area contributed by atoms with E-state index in [2.05, 4.69) is 15.3 Å². The predicted molar refractivity (Wildman–Crippen MR) is 119 cm³/mol. The van der Waals surface area contributed by atoms with Gasteiger partial charge >= 0.3 is 0 Å². The number of piperidine rings is 1. The van der Waals surface area contributed by atoms with Crippen LogP contribution >= 0.6 is 0 Å². The highest BCUT2D eigenvalue weighted by Gasteiger charge is 2.27. The molecule has 1 N–H and O–H groups in total.